The first-order chi connectivity index (χ1) is 17.4. The monoisotopic (exact) mass is 504 g/mol. The van der Waals surface area contributed by atoms with Gasteiger partial charge in [-0.2, -0.15) is 9.61 Å². The van der Waals surface area contributed by atoms with E-state index < -0.39 is 0 Å². The van der Waals surface area contributed by atoms with Crippen LogP contribution in [0.15, 0.2) is 65.7 Å². The van der Waals surface area contributed by atoms with Crippen molar-refractivity contribution < 1.29 is 19.1 Å². The number of nitrogens with one attached hydrogen (secondary N) is 2. The Kier molecular flexibility index (Phi) is 7.91. The van der Waals surface area contributed by atoms with E-state index in [1.54, 1.807) is 72.3 Å². The van der Waals surface area contributed by atoms with Gasteiger partial charge in [-0.1, -0.05) is 11.8 Å². The molecule has 0 aliphatic heterocycles. The summed E-state index contributed by atoms with van der Waals surface area (Å²) in [6.45, 7) is 1.85. The standard InChI is InChI=1S/C25H24N6O4S/c1-16(32)17-3-7-19(8-4-17)27-23(33)15-36-24-12-11-21-28-29-22(31(21)30-24)13-14-26-25(34)18-5-9-20(35-2)10-6-18/h3-12H,13-15H2,1-2H3,(H,26,34)(H,27,33). The van der Waals surface area contributed by atoms with Gasteiger partial charge in [0.25, 0.3) is 5.91 Å². The maximum absolute atomic E-state index is 12.4. The van der Waals surface area contributed by atoms with Gasteiger partial charge in [0.05, 0.1) is 12.9 Å². The van der Waals surface area contributed by atoms with Crippen molar-refractivity contribution in [1.82, 2.24) is 25.1 Å². The molecule has 2 aromatic carbocycles. The zero-order valence-electron chi connectivity index (χ0n) is 19.7. The molecule has 0 fully saturated rings. The van der Waals surface area contributed by atoms with Crippen molar-refractivity contribution in [2.24, 2.45) is 0 Å². The number of thioether (sulfide) groups is 1. The molecule has 0 spiro atoms. The minimum Gasteiger partial charge on any atom is -0.497 e. The fraction of sp³-hybridized carbons (Fsp3) is 0.200. The normalized spacial score (nSPS) is 10.7. The number of carbonyl (C=O) groups excluding carboxylic acids is 3. The lowest BCUT2D eigenvalue weighted by atomic mass is 10.1. The van der Waals surface area contributed by atoms with Gasteiger partial charge in [0.1, 0.15) is 10.8 Å². The number of rotatable bonds is 10. The van der Waals surface area contributed by atoms with Crippen molar-refractivity contribution in [2.45, 2.75) is 18.4 Å². The number of ether oxygens (including phenoxy) is 1. The molecule has 11 heteroatoms. The molecule has 36 heavy (non-hydrogen) atoms. The van der Waals surface area contributed by atoms with Crippen molar-refractivity contribution in [3.8, 4) is 5.75 Å². The lowest BCUT2D eigenvalue weighted by Crippen LogP contribution is -2.26. The van der Waals surface area contributed by atoms with Gasteiger partial charge in [0.2, 0.25) is 5.91 Å². The molecule has 4 aromatic rings. The predicted octanol–water partition coefficient (Wildman–Crippen LogP) is 3.04. The summed E-state index contributed by atoms with van der Waals surface area (Å²) in [6, 6.07) is 17.1. The molecule has 0 radical (unpaired) electrons. The van der Waals surface area contributed by atoms with Gasteiger partial charge in [-0.15, -0.1) is 10.2 Å². The summed E-state index contributed by atoms with van der Waals surface area (Å²) < 4.78 is 6.72. The molecular formula is C25H24N6O4S. The second kappa shape index (κ2) is 11.5. The average Bonchev–Trinajstić information content (AvgIpc) is 3.30. The van der Waals surface area contributed by atoms with Gasteiger partial charge in [-0.3, -0.25) is 14.4 Å². The van der Waals surface area contributed by atoms with Crippen molar-refractivity contribution in [1.29, 1.82) is 0 Å². The number of nitrogens with zero attached hydrogens (tertiary/aromatic N) is 4. The lowest BCUT2D eigenvalue weighted by molar-refractivity contribution is -0.113. The SMILES string of the molecule is COc1ccc(C(=O)NCCc2nnc3ccc(SCC(=O)Nc4ccc(C(C)=O)cc4)nn23)cc1. The molecular weight excluding hydrogens is 480 g/mol. The number of Topliss-reactive ketones (excluding diaryl/α,β-unsaturated/α-hetero) is 1. The topological polar surface area (TPSA) is 128 Å². The van der Waals surface area contributed by atoms with E-state index in [4.69, 9.17) is 4.74 Å². The summed E-state index contributed by atoms with van der Waals surface area (Å²) in [5.74, 6) is 1.01. The smallest absolute Gasteiger partial charge is 0.251 e. The molecule has 0 saturated carbocycles. The van der Waals surface area contributed by atoms with E-state index in [2.05, 4.69) is 25.9 Å². The molecule has 0 saturated heterocycles. The van der Waals surface area contributed by atoms with E-state index in [1.807, 2.05) is 0 Å². The Morgan fingerprint density at radius 1 is 0.944 bits per heavy atom. The van der Waals surface area contributed by atoms with Crippen LogP contribution in [0.2, 0.25) is 0 Å². The number of hydrogen-bond donors (Lipinski definition) is 2. The number of fused-ring (bicyclic) bond motifs is 1. The Morgan fingerprint density at radius 3 is 2.36 bits per heavy atom. The van der Waals surface area contributed by atoms with Crippen molar-refractivity contribution in [2.75, 3.05) is 24.7 Å². The van der Waals surface area contributed by atoms with Gasteiger partial charge < -0.3 is 15.4 Å². The second-order valence-corrected chi connectivity index (χ2v) is 8.76. The van der Waals surface area contributed by atoms with Gasteiger partial charge in [0, 0.05) is 29.8 Å². The molecule has 0 aliphatic rings. The molecule has 10 nitrogen and oxygen atoms in total. The molecule has 0 unspecified atom stereocenters. The first-order valence-electron chi connectivity index (χ1n) is 11.1. The number of carbonyl (C=O) groups is 3. The van der Waals surface area contributed by atoms with Crippen LogP contribution in [0.1, 0.15) is 33.5 Å². The van der Waals surface area contributed by atoms with Crippen molar-refractivity contribution in [3.63, 3.8) is 0 Å². The third kappa shape index (κ3) is 6.25. The van der Waals surface area contributed by atoms with Crippen LogP contribution >= 0.6 is 11.8 Å². The van der Waals surface area contributed by atoms with E-state index in [0.717, 1.165) is 0 Å². The summed E-state index contributed by atoms with van der Waals surface area (Å²) in [5.41, 5.74) is 2.31. The number of aromatic nitrogens is 4. The predicted molar refractivity (Wildman–Crippen MR) is 136 cm³/mol. The zero-order chi connectivity index (χ0) is 25.5. The Labute approximate surface area is 211 Å². The number of benzene rings is 2. The maximum Gasteiger partial charge on any atom is 0.251 e. The van der Waals surface area contributed by atoms with Crippen LogP contribution in [0, 0.1) is 0 Å². The number of amides is 2. The summed E-state index contributed by atoms with van der Waals surface area (Å²) >= 11 is 1.28. The lowest BCUT2D eigenvalue weighted by Gasteiger charge is -2.07. The van der Waals surface area contributed by atoms with Crippen molar-refractivity contribution in [3.05, 3.63) is 77.6 Å². The van der Waals surface area contributed by atoms with Crippen LogP contribution in [0.5, 0.6) is 5.75 Å². The minimum atomic E-state index is -0.197. The van der Waals surface area contributed by atoms with Crippen LogP contribution in [0.4, 0.5) is 5.69 Å². The number of methoxy groups -OCH3 is 1. The largest absolute Gasteiger partial charge is 0.497 e. The highest BCUT2D eigenvalue weighted by Gasteiger charge is 2.11. The molecule has 4 rings (SSSR count). The summed E-state index contributed by atoms with van der Waals surface area (Å²) in [7, 11) is 1.57. The molecule has 2 N–H and O–H groups in total. The fourth-order valence-corrected chi connectivity index (χ4v) is 3.96. The quantitative estimate of drug-likeness (QED) is 0.249. The highest BCUT2D eigenvalue weighted by molar-refractivity contribution is 7.99. The van der Waals surface area contributed by atoms with E-state index in [-0.39, 0.29) is 23.4 Å². The van der Waals surface area contributed by atoms with Gasteiger partial charge >= 0.3 is 0 Å². The van der Waals surface area contributed by atoms with Crippen LogP contribution in [0.3, 0.4) is 0 Å². The third-order valence-corrected chi connectivity index (χ3v) is 6.14. The van der Waals surface area contributed by atoms with Gasteiger partial charge in [0.15, 0.2) is 17.3 Å². The number of ketones is 1. The van der Waals surface area contributed by atoms with Gasteiger partial charge in [-0.05, 0) is 67.6 Å². The Hall–Kier alpha value is -4.25. The molecule has 184 valence electrons. The van der Waals surface area contributed by atoms with Crippen LogP contribution in [-0.2, 0) is 11.2 Å². The molecule has 0 aliphatic carbocycles. The average molecular weight is 505 g/mol. The minimum absolute atomic E-state index is 0.0297. The summed E-state index contributed by atoms with van der Waals surface area (Å²) in [6.07, 6.45) is 0.431. The maximum atomic E-state index is 12.4. The van der Waals surface area contributed by atoms with Crippen LogP contribution in [-0.4, -0.2) is 56.8 Å². The summed E-state index contributed by atoms with van der Waals surface area (Å²) in [5, 5.41) is 19.1. The molecule has 0 atom stereocenters. The van der Waals surface area contributed by atoms with Gasteiger partial charge in [-0.25, -0.2) is 0 Å². The van der Waals surface area contributed by atoms with Crippen molar-refractivity contribution >= 4 is 40.7 Å². The molecule has 0 bridgehead atoms. The Balaban J connectivity index is 1.31. The van der Waals surface area contributed by atoms with Crippen LogP contribution < -0.4 is 15.4 Å². The fourth-order valence-electron chi connectivity index (χ4n) is 3.31. The number of anilines is 1. The van der Waals surface area contributed by atoms with E-state index >= 15 is 0 Å². The van der Waals surface area contributed by atoms with E-state index in [9.17, 15) is 14.4 Å². The summed E-state index contributed by atoms with van der Waals surface area (Å²) in [4.78, 5) is 36.1. The zero-order valence-corrected chi connectivity index (χ0v) is 20.5. The first-order valence-corrected chi connectivity index (χ1v) is 12.1. The third-order valence-electron chi connectivity index (χ3n) is 5.22. The highest BCUT2D eigenvalue weighted by Crippen LogP contribution is 2.17. The Morgan fingerprint density at radius 2 is 1.67 bits per heavy atom. The molecule has 2 heterocycles. The highest BCUT2D eigenvalue weighted by atomic mass is 32.2. The molecule has 2 aromatic heterocycles. The van der Waals surface area contributed by atoms with E-state index in [0.29, 0.717) is 52.0 Å². The Bertz CT molecular complexity index is 1390. The molecule has 2 amide bonds. The number of hydrogen-bond acceptors (Lipinski definition) is 8. The second-order valence-electron chi connectivity index (χ2n) is 7.76. The van der Waals surface area contributed by atoms with E-state index in [1.165, 1.54) is 18.7 Å². The van der Waals surface area contributed by atoms with Crippen LogP contribution in [0.25, 0.3) is 5.65 Å². The first kappa shape index (κ1) is 24.9.